The van der Waals surface area contributed by atoms with Gasteiger partial charge in [0, 0.05) is 27.9 Å². The van der Waals surface area contributed by atoms with Gasteiger partial charge in [-0.3, -0.25) is 4.98 Å². The molecule has 2 aromatic rings. The van der Waals surface area contributed by atoms with Crippen LogP contribution in [0.1, 0.15) is 13.3 Å². The highest BCUT2D eigenvalue weighted by Crippen LogP contribution is 2.27. The molecule has 100 valence electrons. The second-order valence-corrected chi connectivity index (χ2v) is 6.73. The van der Waals surface area contributed by atoms with E-state index >= 15 is 0 Å². The Morgan fingerprint density at radius 2 is 2.05 bits per heavy atom. The van der Waals surface area contributed by atoms with Gasteiger partial charge in [0.15, 0.2) is 5.82 Å². The third-order valence-electron chi connectivity index (χ3n) is 2.31. The van der Waals surface area contributed by atoms with Crippen LogP contribution in [0.5, 0.6) is 0 Å². The number of hydrogen-bond acceptors (Lipinski definition) is 4. The lowest BCUT2D eigenvalue weighted by Gasteiger charge is -2.08. The van der Waals surface area contributed by atoms with E-state index in [1.54, 1.807) is 12.4 Å². The zero-order valence-electron chi connectivity index (χ0n) is 10.1. The van der Waals surface area contributed by atoms with E-state index in [9.17, 15) is 0 Å². The molecule has 0 fully saturated rings. The van der Waals surface area contributed by atoms with E-state index in [1.807, 2.05) is 6.07 Å². The molecule has 0 aromatic carbocycles. The Morgan fingerprint density at radius 3 is 2.74 bits per heavy atom. The van der Waals surface area contributed by atoms with Crippen LogP contribution in [-0.4, -0.2) is 21.5 Å². The lowest BCUT2D eigenvalue weighted by molar-refractivity contribution is 0.961. The summed E-state index contributed by atoms with van der Waals surface area (Å²) in [6, 6.07) is 1.93. The van der Waals surface area contributed by atoms with E-state index < -0.39 is 0 Å². The van der Waals surface area contributed by atoms with E-state index in [1.165, 1.54) is 0 Å². The van der Waals surface area contributed by atoms with Gasteiger partial charge >= 0.3 is 0 Å². The normalized spacial score (nSPS) is 10.5. The van der Waals surface area contributed by atoms with Crippen molar-refractivity contribution in [2.24, 2.45) is 0 Å². The van der Waals surface area contributed by atoms with Crippen molar-refractivity contribution < 1.29 is 0 Å². The topological polar surface area (TPSA) is 50.7 Å². The highest BCUT2D eigenvalue weighted by Gasteiger charge is 2.11. The Balaban J connectivity index is 2.39. The van der Waals surface area contributed by atoms with Crippen molar-refractivity contribution in [2.45, 2.75) is 13.3 Å². The average Bonchev–Trinajstić information content (AvgIpc) is 2.38. The largest absolute Gasteiger partial charge is 0.369 e. The molecule has 7 heteroatoms. The molecule has 0 spiro atoms. The molecule has 19 heavy (non-hydrogen) atoms. The van der Waals surface area contributed by atoms with Crippen molar-refractivity contribution in [1.29, 1.82) is 0 Å². The predicted molar refractivity (Wildman–Crippen MR) is 92.2 cm³/mol. The molecular formula is C12H11Br2IN4. The SMILES string of the molecule is CCCNc1nc(-c2ncc(Br)cc2Br)ncc1I. The fraction of sp³-hybridized carbons (Fsp3) is 0.250. The summed E-state index contributed by atoms with van der Waals surface area (Å²) in [5.74, 6) is 1.46. The Hall–Kier alpha value is -0.280. The highest BCUT2D eigenvalue weighted by molar-refractivity contribution is 14.1. The van der Waals surface area contributed by atoms with Gasteiger partial charge in [0.25, 0.3) is 0 Å². The van der Waals surface area contributed by atoms with Crippen molar-refractivity contribution in [3.63, 3.8) is 0 Å². The number of hydrogen-bond donors (Lipinski definition) is 1. The summed E-state index contributed by atoms with van der Waals surface area (Å²) in [6.07, 6.45) is 4.59. The van der Waals surface area contributed by atoms with Crippen LogP contribution < -0.4 is 5.32 Å². The number of aromatic nitrogens is 3. The van der Waals surface area contributed by atoms with Crippen LogP contribution in [-0.2, 0) is 0 Å². The molecule has 0 amide bonds. The summed E-state index contributed by atoms with van der Waals surface area (Å²) in [4.78, 5) is 13.2. The molecular weight excluding hydrogens is 487 g/mol. The molecule has 0 unspecified atom stereocenters. The summed E-state index contributed by atoms with van der Waals surface area (Å²) in [5, 5.41) is 3.29. The molecule has 0 aliphatic rings. The van der Waals surface area contributed by atoms with Crippen molar-refractivity contribution in [2.75, 3.05) is 11.9 Å². The van der Waals surface area contributed by atoms with Crippen LogP contribution in [0, 0.1) is 3.57 Å². The van der Waals surface area contributed by atoms with E-state index in [0.717, 1.165) is 37.0 Å². The minimum atomic E-state index is 0.610. The maximum atomic E-state index is 4.53. The summed E-state index contributed by atoms with van der Waals surface area (Å²) in [7, 11) is 0. The van der Waals surface area contributed by atoms with E-state index in [-0.39, 0.29) is 0 Å². The van der Waals surface area contributed by atoms with E-state index in [4.69, 9.17) is 0 Å². The average molecular weight is 498 g/mol. The second kappa shape index (κ2) is 6.94. The fourth-order valence-electron chi connectivity index (χ4n) is 1.43. The van der Waals surface area contributed by atoms with Crippen LogP contribution in [0.25, 0.3) is 11.5 Å². The standard InChI is InChI=1S/C12H11Br2IN4/c1-2-3-16-11-9(15)6-18-12(19-11)10-8(14)4-7(13)5-17-10/h4-6H,2-3H2,1H3,(H,16,18,19). The van der Waals surface area contributed by atoms with Crippen molar-refractivity contribution in [3.05, 3.63) is 31.0 Å². The predicted octanol–water partition coefficient (Wildman–Crippen LogP) is 4.49. The molecule has 2 rings (SSSR count). The minimum Gasteiger partial charge on any atom is -0.369 e. The number of halogens is 3. The van der Waals surface area contributed by atoms with Crippen LogP contribution in [0.4, 0.5) is 5.82 Å². The summed E-state index contributed by atoms with van der Waals surface area (Å²) in [6.45, 7) is 3.01. The number of anilines is 1. The highest BCUT2D eigenvalue weighted by atomic mass is 127. The van der Waals surface area contributed by atoms with Gasteiger partial charge in [-0.15, -0.1) is 0 Å². The maximum absolute atomic E-state index is 4.53. The van der Waals surface area contributed by atoms with Crippen LogP contribution in [0.15, 0.2) is 27.4 Å². The molecule has 0 aliphatic carbocycles. The number of nitrogens with zero attached hydrogens (tertiary/aromatic N) is 3. The lowest BCUT2D eigenvalue weighted by atomic mass is 10.3. The zero-order chi connectivity index (χ0) is 13.8. The van der Waals surface area contributed by atoms with Gasteiger partial charge in [-0.25, -0.2) is 9.97 Å². The van der Waals surface area contributed by atoms with Crippen molar-refractivity contribution >= 4 is 60.3 Å². The van der Waals surface area contributed by atoms with Gasteiger partial charge in [-0.05, 0) is 66.9 Å². The molecule has 2 heterocycles. The molecule has 2 aromatic heterocycles. The van der Waals surface area contributed by atoms with Gasteiger partial charge in [0.05, 0.1) is 3.57 Å². The first kappa shape index (κ1) is 15.1. The molecule has 0 saturated heterocycles. The summed E-state index contributed by atoms with van der Waals surface area (Å²) in [5.41, 5.74) is 0.735. The minimum absolute atomic E-state index is 0.610. The Morgan fingerprint density at radius 1 is 1.26 bits per heavy atom. The quantitative estimate of drug-likeness (QED) is 0.632. The van der Waals surface area contributed by atoms with Gasteiger partial charge < -0.3 is 5.32 Å². The Kier molecular flexibility index (Phi) is 5.52. The molecule has 4 nitrogen and oxygen atoms in total. The second-order valence-electron chi connectivity index (χ2n) is 3.80. The monoisotopic (exact) mass is 496 g/mol. The third-order valence-corrected chi connectivity index (χ3v) is 4.13. The molecule has 1 N–H and O–H groups in total. The number of pyridine rings is 1. The van der Waals surface area contributed by atoms with Gasteiger partial charge in [0.2, 0.25) is 0 Å². The molecule has 0 aliphatic heterocycles. The summed E-state index contributed by atoms with van der Waals surface area (Å²) >= 11 is 9.09. The van der Waals surface area contributed by atoms with E-state index in [0.29, 0.717) is 5.82 Å². The fourth-order valence-corrected chi connectivity index (χ4v) is 3.04. The van der Waals surface area contributed by atoms with Crippen LogP contribution in [0.3, 0.4) is 0 Å². The summed E-state index contributed by atoms with van der Waals surface area (Å²) < 4.78 is 2.78. The van der Waals surface area contributed by atoms with Gasteiger partial charge in [-0.1, -0.05) is 6.92 Å². The number of nitrogens with one attached hydrogen (secondary N) is 1. The first-order valence-corrected chi connectivity index (χ1v) is 8.36. The Labute approximate surface area is 142 Å². The smallest absolute Gasteiger partial charge is 0.181 e. The van der Waals surface area contributed by atoms with Crippen molar-refractivity contribution in [3.8, 4) is 11.5 Å². The maximum Gasteiger partial charge on any atom is 0.181 e. The van der Waals surface area contributed by atoms with Gasteiger partial charge in [-0.2, -0.15) is 0 Å². The zero-order valence-corrected chi connectivity index (χ0v) is 15.5. The number of rotatable bonds is 4. The van der Waals surface area contributed by atoms with Crippen LogP contribution >= 0.6 is 54.5 Å². The Bertz CT molecular complexity index is 592. The van der Waals surface area contributed by atoms with Crippen LogP contribution in [0.2, 0.25) is 0 Å². The molecule has 0 radical (unpaired) electrons. The van der Waals surface area contributed by atoms with Gasteiger partial charge in [0.1, 0.15) is 11.5 Å². The third kappa shape index (κ3) is 3.85. The molecule has 0 atom stereocenters. The molecule has 0 saturated carbocycles. The first-order valence-electron chi connectivity index (χ1n) is 5.69. The van der Waals surface area contributed by atoms with E-state index in [2.05, 4.69) is 81.6 Å². The molecule has 0 bridgehead atoms. The first-order chi connectivity index (χ1) is 9.11. The van der Waals surface area contributed by atoms with Crippen molar-refractivity contribution in [1.82, 2.24) is 15.0 Å². The lowest BCUT2D eigenvalue weighted by Crippen LogP contribution is -2.06.